The van der Waals surface area contributed by atoms with Crippen LogP contribution in [0.1, 0.15) is 5.56 Å². The summed E-state index contributed by atoms with van der Waals surface area (Å²) in [6, 6.07) is 7.72. The van der Waals surface area contributed by atoms with Crippen LogP contribution in [0.2, 0.25) is 15.1 Å². The Bertz CT molecular complexity index is 601. The molecule has 0 saturated carbocycles. The number of alkyl halides is 3. The lowest BCUT2D eigenvalue weighted by Gasteiger charge is -2.13. The van der Waals surface area contributed by atoms with Gasteiger partial charge in [0.15, 0.2) is 0 Å². The van der Waals surface area contributed by atoms with Gasteiger partial charge in [-0.3, -0.25) is 0 Å². The Morgan fingerprint density at radius 2 is 1.37 bits per heavy atom. The fourth-order valence-electron chi connectivity index (χ4n) is 1.65. The molecule has 100 valence electrons. The topological polar surface area (TPSA) is 0 Å². The van der Waals surface area contributed by atoms with E-state index in [1.807, 2.05) is 0 Å². The van der Waals surface area contributed by atoms with Gasteiger partial charge in [0.2, 0.25) is 0 Å². The highest BCUT2D eigenvalue weighted by atomic mass is 35.5. The van der Waals surface area contributed by atoms with E-state index in [0.29, 0.717) is 5.56 Å². The lowest BCUT2D eigenvalue weighted by atomic mass is 10.0. The molecule has 0 fully saturated rings. The van der Waals surface area contributed by atoms with E-state index in [9.17, 15) is 13.2 Å². The summed E-state index contributed by atoms with van der Waals surface area (Å²) in [5, 5.41) is 0.644. The molecule has 0 N–H and O–H groups in total. The third kappa shape index (κ3) is 2.99. The molecule has 0 nitrogen and oxygen atoms in total. The average Bonchev–Trinajstić information content (AvgIpc) is 2.29. The van der Waals surface area contributed by atoms with Gasteiger partial charge in [0, 0.05) is 26.2 Å². The van der Waals surface area contributed by atoms with Gasteiger partial charge in [-0.25, -0.2) is 0 Å². The molecule has 0 atom stereocenters. The van der Waals surface area contributed by atoms with Crippen LogP contribution in [0.15, 0.2) is 36.4 Å². The van der Waals surface area contributed by atoms with Crippen LogP contribution in [-0.4, -0.2) is 0 Å². The van der Waals surface area contributed by atoms with Crippen molar-refractivity contribution < 1.29 is 13.2 Å². The summed E-state index contributed by atoms with van der Waals surface area (Å²) in [5.74, 6) is 0. The molecule has 0 amide bonds. The largest absolute Gasteiger partial charge is 0.416 e. The zero-order valence-corrected chi connectivity index (χ0v) is 11.5. The number of benzene rings is 2. The van der Waals surface area contributed by atoms with Gasteiger partial charge in [-0.1, -0.05) is 40.9 Å². The Kier molecular flexibility index (Phi) is 4.00. The minimum absolute atomic E-state index is 0.156. The van der Waals surface area contributed by atoms with Crippen LogP contribution in [0.4, 0.5) is 13.2 Å². The van der Waals surface area contributed by atoms with Crippen LogP contribution in [0.3, 0.4) is 0 Å². The number of rotatable bonds is 1. The Morgan fingerprint density at radius 1 is 0.789 bits per heavy atom. The molecule has 2 rings (SSSR count). The minimum atomic E-state index is -4.45. The lowest BCUT2D eigenvalue weighted by molar-refractivity contribution is -0.137. The van der Waals surface area contributed by atoms with Crippen LogP contribution >= 0.6 is 34.8 Å². The van der Waals surface area contributed by atoms with Gasteiger partial charge in [-0.2, -0.15) is 13.2 Å². The smallest absolute Gasteiger partial charge is 0.166 e. The first-order chi connectivity index (χ1) is 8.80. The summed E-state index contributed by atoms with van der Waals surface area (Å²) in [5.41, 5.74) is -0.350. The van der Waals surface area contributed by atoms with Crippen LogP contribution in [0.5, 0.6) is 0 Å². The summed E-state index contributed by atoms with van der Waals surface area (Å²) in [6.07, 6.45) is -4.45. The monoisotopic (exact) mass is 324 g/mol. The maximum absolute atomic E-state index is 12.7. The maximum Gasteiger partial charge on any atom is 0.416 e. The van der Waals surface area contributed by atoms with Crippen molar-refractivity contribution in [3.05, 3.63) is 57.0 Å². The van der Waals surface area contributed by atoms with E-state index in [-0.39, 0.29) is 20.6 Å². The predicted molar refractivity (Wildman–Crippen MR) is 71.9 cm³/mol. The van der Waals surface area contributed by atoms with E-state index in [4.69, 9.17) is 34.8 Å². The molecular weight excluding hydrogens is 319 g/mol. The summed E-state index contributed by atoms with van der Waals surface area (Å²) in [6.45, 7) is 0. The lowest BCUT2D eigenvalue weighted by Crippen LogP contribution is -2.04. The zero-order chi connectivity index (χ0) is 14.2. The zero-order valence-electron chi connectivity index (χ0n) is 9.23. The molecule has 0 bridgehead atoms. The molecular formula is C13H6Cl3F3. The van der Waals surface area contributed by atoms with Crippen molar-refractivity contribution in [1.29, 1.82) is 0 Å². The molecule has 0 unspecified atom stereocenters. The standard InChI is InChI=1S/C13H6Cl3F3/c14-9-5-4-7(13(17,18)19)6-8(9)12-10(15)2-1-3-11(12)16/h1-6H. The second-order valence-corrected chi connectivity index (χ2v) is 5.01. The molecule has 19 heavy (non-hydrogen) atoms. The molecule has 2 aromatic rings. The molecule has 0 aliphatic carbocycles. The van der Waals surface area contributed by atoms with E-state index < -0.39 is 11.7 Å². The molecule has 2 aromatic carbocycles. The van der Waals surface area contributed by atoms with Crippen LogP contribution in [0.25, 0.3) is 11.1 Å². The molecule has 0 spiro atoms. The van der Waals surface area contributed by atoms with Gasteiger partial charge in [0.1, 0.15) is 0 Å². The Morgan fingerprint density at radius 3 is 1.89 bits per heavy atom. The van der Waals surface area contributed by atoms with Crippen molar-refractivity contribution in [3.8, 4) is 11.1 Å². The predicted octanol–water partition coefficient (Wildman–Crippen LogP) is 6.33. The second-order valence-electron chi connectivity index (χ2n) is 3.79. The van der Waals surface area contributed by atoms with Gasteiger partial charge < -0.3 is 0 Å². The van der Waals surface area contributed by atoms with Crippen molar-refractivity contribution >= 4 is 34.8 Å². The number of halogens is 6. The van der Waals surface area contributed by atoms with E-state index >= 15 is 0 Å². The summed E-state index contributed by atoms with van der Waals surface area (Å²) in [7, 11) is 0. The summed E-state index contributed by atoms with van der Waals surface area (Å²) >= 11 is 17.9. The SMILES string of the molecule is FC(F)(F)c1ccc(Cl)c(-c2c(Cl)cccc2Cl)c1. The third-order valence-electron chi connectivity index (χ3n) is 2.53. The van der Waals surface area contributed by atoms with Gasteiger partial charge in [-0.05, 0) is 30.3 Å². The molecule has 0 saturated heterocycles. The Balaban J connectivity index is 2.69. The Hall–Kier alpha value is -0.900. The van der Waals surface area contributed by atoms with Gasteiger partial charge in [0.05, 0.1) is 5.56 Å². The van der Waals surface area contributed by atoms with E-state index in [0.717, 1.165) is 12.1 Å². The van der Waals surface area contributed by atoms with Crippen molar-refractivity contribution in [2.24, 2.45) is 0 Å². The first-order valence-corrected chi connectivity index (χ1v) is 6.25. The number of hydrogen-bond acceptors (Lipinski definition) is 0. The first-order valence-electron chi connectivity index (χ1n) is 5.12. The molecule has 0 heterocycles. The fraction of sp³-hybridized carbons (Fsp3) is 0.0769. The summed E-state index contributed by atoms with van der Waals surface area (Å²) in [4.78, 5) is 0. The van der Waals surface area contributed by atoms with E-state index in [1.54, 1.807) is 18.2 Å². The van der Waals surface area contributed by atoms with E-state index in [2.05, 4.69) is 0 Å². The van der Waals surface area contributed by atoms with Crippen molar-refractivity contribution in [2.45, 2.75) is 6.18 Å². The quantitative estimate of drug-likeness (QED) is 0.574. The third-order valence-corrected chi connectivity index (χ3v) is 3.49. The second kappa shape index (κ2) is 5.23. The van der Waals surface area contributed by atoms with Crippen LogP contribution in [-0.2, 0) is 6.18 Å². The Labute approximate surface area is 122 Å². The minimum Gasteiger partial charge on any atom is -0.166 e. The van der Waals surface area contributed by atoms with E-state index in [1.165, 1.54) is 6.07 Å². The number of hydrogen-bond donors (Lipinski definition) is 0. The molecule has 0 radical (unpaired) electrons. The highest BCUT2D eigenvalue weighted by Crippen LogP contribution is 2.41. The highest BCUT2D eigenvalue weighted by Gasteiger charge is 2.31. The first kappa shape index (κ1) is 14.5. The fourth-order valence-corrected chi connectivity index (χ4v) is 2.46. The van der Waals surface area contributed by atoms with Gasteiger partial charge >= 0.3 is 6.18 Å². The highest BCUT2D eigenvalue weighted by molar-refractivity contribution is 6.41. The van der Waals surface area contributed by atoms with Gasteiger partial charge in [-0.15, -0.1) is 0 Å². The van der Waals surface area contributed by atoms with Crippen LogP contribution < -0.4 is 0 Å². The molecule has 0 aliphatic rings. The normalized spacial score (nSPS) is 11.7. The van der Waals surface area contributed by atoms with Gasteiger partial charge in [0.25, 0.3) is 0 Å². The van der Waals surface area contributed by atoms with Crippen molar-refractivity contribution in [2.75, 3.05) is 0 Å². The van der Waals surface area contributed by atoms with Crippen molar-refractivity contribution in [3.63, 3.8) is 0 Å². The molecule has 6 heteroatoms. The molecule has 0 aromatic heterocycles. The molecule has 0 aliphatic heterocycles. The maximum atomic E-state index is 12.7. The average molecular weight is 326 g/mol. The van der Waals surface area contributed by atoms with Crippen molar-refractivity contribution in [1.82, 2.24) is 0 Å². The summed E-state index contributed by atoms with van der Waals surface area (Å²) < 4.78 is 38.1. The van der Waals surface area contributed by atoms with Crippen LogP contribution in [0, 0.1) is 0 Å².